The topological polar surface area (TPSA) is 42.1 Å². The van der Waals surface area contributed by atoms with Gasteiger partial charge in [-0.2, -0.15) is 0 Å². The molecule has 2 N–H and O–H groups in total. The minimum atomic E-state index is 0.0193. The third-order valence-electron chi connectivity index (χ3n) is 2.03. The maximum absolute atomic E-state index is 5.73. The number of nitrogens with two attached hydrogens (primary N) is 1. The van der Waals surface area contributed by atoms with Crippen molar-refractivity contribution in [3.05, 3.63) is 24.0 Å². The number of hydrogen-bond donors (Lipinski definition) is 1. The molecule has 0 radical (unpaired) electrons. The molecule has 0 aromatic carbocycles. The van der Waals surface area contributed by atoms with Crippen LogP contribution in [0.5, 0.6) is 0 Å². The SMILES string of the molecule is C[C@@H](N)c1ccc(SCCN(C)C)cn1. The molecule has 1 heterocycles. The van der Waals surface area contributed by atoms with Crippen LogP contribution in [0.25, 0.3) is 0 Å². The van der Waals surface area contributed by atoms with Crippen molar-refractivity contribution in [1.82, 2.24) is 9.88 Å². The molecule has 84 valence electrons. The maximum atomic E-state index is 5.73. The van der Waals surface area contributed by atoms with Gasteiger partial charge >= 0.3 is 0 Å². The van der Waals surface area contributed by atoms with Crippen molar-refractivity contribution in [3.8, 4) is 0 Å². The predicted octanol–water partition coefficient (Wildman–Crippen LogP) is 1.76. The molecule has 1 aromatic rings. The highest BCUT2D eigenvalue weighted by Crippen LogP contribution is 2.17. The van der Waals surface area contributed by atoms with E-state index in [9.17, 15) is 0 Å². The summed E-state index contributed by atoms with van der Waals surface area (Å²) in [5.74, 6) is 1.09. The Labute approximate surface area is 96.1 Å². The van der Waals surface area contributed by atoms with Crippen molar-refractivity contribution in [1.29, 1.82) is 0 Å². The zero-order valence-electron chi connectivity index (χ0n) is 9.60. The molecule has 1 aromatic heterocycles. The van der Waals surface area contributed by atoms with Gasteiger partial charge in [-0.05, 0) is 33.2 Å². The standard InChI is InChI=1S/C11H19N3S/c1-9(12)11-5-4-10(8-13-11)15-7-6-14(2)3/h4-5,8-9H,6-7,12H2,1-3H3/t9-/m1/s1. The highest BCUT2D eigenvalue weighted by Gasteiger charge is 2.01. The van der Waals surface area contributed by atoms with Crippen LogP contribution in [-0.4, -0.2) is 36.3 Å². The van der Waals surface area contributed by atoms with Gasteiger partial charge < -0.3 is 10.6 Å². The van der Waals surface area contributed by atoms with E-state index < -0.39 is 0 Å². The average molecular weight is 225 g/mol. The lowest BCUT2D eigenvalue weighted by atomic mass is 10.2. The fraction of sp³-hybridized carbons (Fsp3) is 0.545. The van der Waals surface area contributed by atoms with Crippen molar-refractivity contribution < 1.29 is 0 Å². The molecule has 1 atom stereocenters. The molecule has 15 heavy (non-hydrogen) atoms. The summed E-state index contributed by atoms with van der Waals surface area (Å²) < 4.78 is 0. The van der Waals surface area contributed by atoms with Crippen molar-refractivity contribution in [3.63, 3.8) is 0 Å². The molecular weight excluding hydrogens is 206 g/mol. The van der Waals surface area contributed by atoms with Gasteiger partial charge in [-0.25, -0.2) is 0 Å². The first-order chi connectivity index (χ1) is 7.09. The van der Waals surface area contributed by atoms with E-state index in [1.165, 1.54) is 4.90 Å². The first-order valence-corrected chi connectivity index (χ1v) is 6.07. The Morgan fingerprint density at radius 2 is 2.20 bits per heavy atom. The van der Waals surface area contributed by atoms with E-state index in [1.54, 1.807) is 0 Å². The molecule has 0 aliphatic rings. The summed E-state index contributed by atoms with van der Waals surface area (Å²) in [6, 6.07) is 4.11. The van der Waals surface area contributed by atoms with Crippen LogP contribution in [0.4, 0.5) is 0 Å². The zero-order valence-corrected chi connectivity index (χ0v) is 10.4. The Hall–Kier alpha value is -0.580. The van der Waals surface area contributed by atoms with Crippen molar-refractivity contribution in [2.24, 2.45) is 5.73 Å². The molecule has 0 aliphatic carbocycles. The molecule has 0 spiro atoms. The second-order valence-corrected chi connectivity index (χ2v) is 5.03. The van der Waals surface area contributed by atoms with Crippen molar-refractivity contribution >= 4 is 11.8 Å². The first kappa shape index (κ1) is 12.5. The zero-order chi connectivity index (χ0) is 11.3. The summed E-state index contributed by atoms with van der Waals surface area (Å²) >= 11 is 1.82. The quantitative estimate of drug-likeness (QED) is 0.775. The fourth-order valence-electron chi connectivity index (χ4n) is 1.09. The van der Waals surface area contributed by atoms with E-state index in [2.05, 4.69) is 30.0 Å². The minimum absolute atomic E-state index is 0.0193. The minimum Gasteiger partial charge on any atom is -0.323 e. The Balaban J connectivity index is 2.43. The van der Waals surface area contributed by atoms with Crippen LogP contribution >= 0.6 is 11.8 Å². The summed E-state index contributed by atoms with van der Waals surface area (Å²) in [6.07, 6.45) is 1.90. The molecule has 0 saturated carbocycles. The number of pyridine rings is 1. The van der Waals surface area contributed by atoms with Gasteiger partial charge in [-0.15, -0.1) is 11.8 Å². The smallest absolute Gasteiger partial charge is 0.0569 e. The number of rotatable bonds is 5. The monoisotopic (exact) mass is 225 g/mol. The van der Waals surface area contributed by atoms with Crippen LogP contribution in [0.2, 0.25) is 0 Å². The highest BCUT2D eigenvalue weighted by atomic mass is 32.2. The highest BCUT2D eigenvalue weighted by molar-refractivity contribution is 7.99. The second-order valence-electron chi connectivity index (χ2n) is 3.86. The molecule has 0 unspecified atom stereocenters. The van der Waals surface area contributed by atoms with Gasteiger partial charge in [0, 0.05) is 29.4 Å². The third-order valence-corrected chi connectivity index (χ3v) is 2.99. The molecule has 0 amide bonds. The van der Waals surface area contributed by atoms with E-state index in [0.29, 0.717) is 0 Å². The van der Waals surface area contributed by atoms with Crippen LogP contribution in [-0.2, 0) is 0 Å². The van der Waals surface area contributed by atoms with Gasteiger partial charge in [0.25, 0.3) is 0 Å². The largest absolute Gasteiger partial charge is 0.323 e. The lowest BCUT2D eigenvalue weighted by Crippen LogP contribution is -2.14. The van der Waals surface area contributed by atoms with Gasteiger partial charge in [0.1, 0.15) is 0 Å². The lowest BCUT2D eigenvalue weighted by Gasteiger charge is -2.09. The van der Waals surface area contributed by atoms with E-state index >= 15 is 0 Å². The summed E-state index contributed by atoms with van der Waals surface area (Å²) in [5.41, 5.74) is 6.68. The van der Waals surface area contributed by atoms with Crippen molar-refractivity contribution in [2.75, 3.05) is 26.4 Å². The van der Waals surface area contributed by atoms with E-state index in [4.69, 9.17) is 5.73 Å². The Kier molecular flexibility index (Phi) is 5.08. The molecule has 0 saturated heterocycles. The fourth-order valence-corrected chi connectivity index (χ4v) is 2.08. The maximum Gasteiger partial charge on any atom is 0.0569 e. The summed E-state index contributed by atoms with van der Waals surface area (Å²) in [5, 5.41) is 0. The number of nitrogens with zero attached hydrogens (tertiary/aromatic N) is 2. The molecule has 0 fully saturated rings. The summed E-state index contributed by atoms with van der Waals surface area (Å²) in [6.45, 7) is 3.03. The summed E-state index contributed by atoms with van der Waals surface area (Å²) in [4.78, 5) is 7.70. The molecule has 3 nitrogen and oxygen atoms in total. The van der Waals surface area contributed by atoms with Crippen LogP contribution in [0.1, 0.15) is 18.7 Å². The third kappa shape index (κ3) is 4.64. The van der Waals surface area contributed by atoms with Crippen LogP contribution in [0.15, 0.2) is 23.2 Å². The molecule has 4 heteroatoms. The van der Waals surface area contributed by atoms with E-state index in [0.717, 1.165) is 18.0 Å². The van der Waals surface area contributed by atoms with Crippen LogP contribution in [0, 0.1) is 0 Å². The number of aromatic nitrogens is 1. The second kappa shape index (κ2) is 6.10. The Morgan fingerprint density at radius 3 is 2.67 bits per heavy atom. The molecule has 0 aliphatic heterocycles. The van der Waals surface area contributed by atoms with Crippen LogP contribution in [0.3, 0.4) is 0 Å². The van der Waals surface area contributed by atoms with E-state index in [-0.39, 0.29) is 6.04 Å². The molecule has 1 rings (SSSR count). The Morgan fingerprint density at radius 1 is 1.47 bits per heavy atom. The summed E-state index contributed by atoms with van der Waals surface area (Å²) in [7, 11) is 4.16. The van der Waals surface area contributed by atoms with Gasteiger partial charge in [0.15, 0.2) is 0 Å². The number of thioether (sulfide) groups is 1. The van der Waals surface area contributed by atoms with Gasteiger partial charge in [0.05, 0.1) is 5.69 Å². The molecular formula is C11H19N3S. The number of hydrogen-bond acceptors (Lipinski definition) is 4. The van der Waals surface area contributed by atoms with Crippen molar-refractivity contribution in [2.45, 2.75) is 17.9 Å². The lowest BCUT2D eigenvalue weighted by molar-refractivity contribution is 0.437. The average Bonchev–Trinajstić information content (AvgIpc) is 2.18. The normalized spacial score (nSPS) is 13.1. The molecule has 0 bridgehead atoms. The van der Waals surface area contributed by atoms with E-state index in [1.807, 2.05) is 30.9 Å². The Bertz CT molecular complexity index is 282. The van der Waals surface area contributed by atoms with Crippen LogP contribution < -0.4 is 5.73 Å². The van der Waals surface area contributed by atoms with Gasteiger partial charge in [-0.3, -0.25) is 4.98 Å². The van der Waals surface area contributed by atoms with Gasteiger partial charge in [-0.1, -0.05) is 0 Å². The predicted molar refractivity (Wildman–Crippen MR) is 66.1 cm³/mol. The first-order valence-electron chi connectivity index (χ1n) is 5.08. The van der Waals surface area contributed by atoms with Gasteiger partial charge in [0.2, 0.25) is 0 Å².